The summed E-state index contributed by atoms with van der Waals surface area (Å²) in [6.45, 7) is 3.27. The minimum absolute atomic E-state index is 0.211. The highest BCUT2D eigenvalue weighted by atomic mass is 32.1. The first kappa shape index (κ1) is 14.5. The molecule has 4 nitrogen and oxygen atoms in total. The van der Waals surface area contributed by atoms with Crippen LogP contribution in [0.25, 0.3) is 0 Å². The first-order chi connectivity index (χ1) is 9.19. The zero-order chi connectivity index (χ0) is 13.7. The first-order valence-corrected chi connectivity index (χ1v) is 7.78. The van der Waals surface area contributed by atoms with E-state index < -0.39 is 0 Å². The number of carbonyl (C=O) groups excluding carboxylic acids is 1. The third-order valence-electron chi connectivity index (χ3n) is 3.70. The third-order valence-corrected chi connectivity index (χ3v) is 4.43. The lowest BCUT2D eigenvalue weighted by atomic mass is 10.1. The van der Waals surface area contributed by atoms with Crippen LogP contribution in [-0.4, -0.2) is 55.5 Å². The fraction of sp³-hybridized carbons (Fsp3) is 0.643. The van der Waals surface area contributed by atoms with Crippen molar-refractivity contribution < 1.29 is 4.79 Å². The van der Waals surface area contributed by atoms with Gasteiger partial charge < -0.3 is 10.2 Å². The molecule has 2 heterocycles. The van der Waals surface area contributed by atoms with Crippen molar-refractivity contribution in [2.75, 3.05) is 33.7 Å². The number of piperidine rings is 1. The van der Waals surface area contributed by atoms with Gasteiger partial charge in [0.15, 0.2) is 0 Å². The molecule has 0 aliphatic carbocycles. The largest absolute Gasteiger partial charge is 0.340 e. The van der Waals surface area contributed by atoms with E-state index in [9.17, 15) is 4.79 Å². The van der Waals surface area contributed by atoms with E-state index in [1.807, 2.05) is 19.0 Å². The van der Waals surface area contributed by atoms with Crippen molar-refractivity contribution in [1.82, 2.24) is 15.1 Å². The predicted molar refractivity (Wildman–Crippen MR) is 79.3 cm³/mol. The molecule has 1 fully saturated rings. The Morgan fingerprint density at radius 1 is 1.63 bits per heavy atom. The molecule has 1 aliphatic heterocycles. The lowest BCUT2D eigenvalue weighted by Gasteiger charge is -2.33. The SMILES string of the molecule is CNC1CCCN(CC(=O)N(C)Cc2ccsc2)C1. The standard InChI is InChI=1S/C14H23N3OS/c1-15-13-4-3-6-17(9-13)10-14(18)16(2)8-12-5-7-19-11-12/h5,7,11,13,15H,3-4,6,8-10H2,1-2H3. The maximum atomic E-state index is 12.2. The Morgan fingerprint density at radius 2 is 2.47 bits per heavy atom. The molecule has 0 radical (unpaired) electrons. The van der Waals surface area contributed by atoms with Gasteiger partial charge in [0.05, 0.1) is 6.54 Å². The number of hydrogen-bond acceptors (Lipinski definition) is 4. The number of amides is 1. The Bertz CT molecular complexity index is 393. The molecule has 1 aromatic heterocycles. The van der Waals surface area contributed by atoms with Gasteiger partial charge in [-0.3, -0.25) is 9.69 Å². The molecule has 1 saturated heterocycles. The summed E-state index contributed by atoms with van der Waals surface area (Å²) in [5.74, 6) is 0.211. The molecule has 0 saturated carbocycles. The Balaban J connectivity index is 1.79. The molecule has 1 amide bonds. The van der Waals surface area contributed by atoms with Crippen LogP contribution in [0.5, 0.6) is 0 Å². The van der Waals surface area contributed by atoms with Gasteiger partial charge in [-0.25, -0.2) is 0 Å². The second-order valence-corrected chi connectivity index (χ2v) is 6.02. The number of carbonyl (C=O) groups is 1. The molecular weight excluding hydrogens is 258 g/mol. The molecule has 1 unspecified atom stereocenters. The molecule has 5 heteroatoms. The van der Waals surface area contributed by atoms with Crippen molar-refractivity contribution >= 4 is 17.2 Å². The van der Waals surface area contributed by atoms with E-state index >= 15 is 0 Å². The molecular formula is C14H23N3OS. The lowest BCUT2D eigenvalue weighted by Crippen LogP contribution is -2.48. The zero-order valence-electron chi connectivity index (χ0n) is 11.8. The highest BCUT2D eigenvalue weighted by Gasteiger charge is 2.21. The molecule has 19 heavy (non-hydrogen) atoms. The second-order valence-electron chi connectivity index (χ2n) is 5.24. The van der Waals surface area contributed by atoms with E-state index in [-0.39, 0.29) is 5.91 Å². The van der Waals surface area contributed by atoms with E-state index in [2.05, 4.69) is 27.0 Å². The number of nitrogens with one attached hydrogen (secondary N) is 1. The quantitative estimate of drug-likeness (QED) is 0.886. The summed E-state index contributed by atoms with van der Waals surface area (Å²) in [6.07, 6.45) is 2.39. The van der Waals surface area contributed by atoms with Gasteiger partial charge in [-0.1, -0.05) is 0 Å². The Morgan fingerprint density at radius 3 is 3.16 bits per heavy atom. The van der Waals surface area contributed by atoms with Crippen molar-refractivity contribution in [2.24, 2.45) is 0 Å². The summed E-state index contributed by atoms with van der Waals surface area (Å²) in [4.78, 5) is 16.3. The maximum Gasteiger partial charge on any atom is 0.236 e. The summed E-state index contributed by atoms with van der Waals surface area (Å²) in [5.41, 5.74) is 1.22. The van der Waals surface area contributed by atoms with Crippen LogP contribution in [0.4, 0.5) is 0 Å². The molecule has 0 aromatic carbocycles. The molecule has 1 N–H and O–H groups in total. The van der Waals surface area contributed by atoms with E-state index in [0.29, 0.717) is 19.1 Å². The van der Waals surface area contributed by atoms with Crippen LogP contribution in [-0.2, 0) is 11.3 Å². The summed E-state index contributed by atoms with van der Waals surface area (Å²) in [5, 5.41) is 7.46. The van der Waals surface area contributed by atoms with Gasteiger partial charge in [0, 0.05) is 26.2 Å². The topological polar surface area (TPSA) is 35.6 Å². The number of rotatable bonds is 5. The van der Waals surface area contributed by atoms with Gasteiger partial charge in [0.1, 0.15) is 0 Å². The van der Waals surface area contributed by atoms with E-state index in [0.717, 1.165) is 13.1 Å². The van der Waals surface area contributed by atoms with Gasteiger partial charge >= 0.3 is 0 Å². The number of likely N-dealkylation sites (tertiary alicyclic amines) is 1. The molecule has 2 rings (SSSR count). The van der Waals surface area contributed by atoms with Crippen molar-refractivity contribution in [3.05, 3.63) is 22.4 Å². The van der Waals surface area contributed by atoms with Crippen LogP contribution in [0.1, 0.15) is 18.4 Å². The average Bonchev–Trinajstić information content (AvgIpc) is 2.91. The molecule has 1 aromatic rings. The minimum Gasteiger partial charge on any atom is -0.340 e. The third kappa shape index (κ3) is 4.30. The van der Waals surface area contributed by atoms with E-state index in [1.165, 1.54) is 18.4 Å². The minimum atomic E-state index is 0.211. The van der Waals surface area contributed by atoms with Crippen molar-refractivity contribution in [1.29, 1.82) is 0 Å². The fourth-order valence-corrected chi connectivity index (χ4v) is 3.15. The summed E-state index contributed by atoms with van der Waals surface area (Å²) < 4.78 is 0. The van der Waals surface area contributed by atoms with Crippen LogP contribution < -0.4 is 5.32 Å². The highest BCUT2D eigenvalue weighted by molar-refractivity contribution is 7.07. The Hall–Kier alpha value is -0.910. The van der Waals surface area contributed by atoms with Crippen molar-refractivity contribution in [3.63, 3.8) is 0 Å². The van der Waals surface area contributed by atoms with Crippen LogP contribution in [0.2, 0.25) is 0 Å². The van der Waals surface area contributed by atoms with Crippen molar-refractivity contribution in [3.8, 4) is 0 Å². The van der Waals surface area contributed by atoms with Crippen LogP contribution in [0.15, 0.2) is 16.8 Å². The predicted octanol–water partition coefficient (Wildman–Crippen LogP) is 1.39. The first-order valence-electron chi connectivity index (χ1n) is 6.83. The van der Waals surface area contributed by atoms with E-state index in [4.69, 9.17) is 0 Å². The van der Waals surface area contributed by atoms with Gasteiger partial charge in [-0.05, 0) is 48.8 Å². The monoisotopic (exact) mass is 281 g/mol. The zero-order valence-corrected chi connectivity index (χ0v) is 12.6. The van der Waals surface area contributed by atoms with Gasteiger partial charge in [0.25, 0.3) is 0 Å². The molecule has 1 atom stereocenters. The summed E-state index contributed by atoms with van der Waals surface area (Å²) in [7, 11) is 3.89. The summed E-state index contributed by atoms with van der Waals surface area (Å²) in [6, 6.07) is 2.61. The maximum absolute atomic E-state index is 12.2. The van der Waals surface area contributed by atoms with Crippen LogP contribution >= 0.6 is 11.3 Å². The fourth-order valence-electron chi connectivity index (χ4n) is 2.49. The molecule has 1 aliphatic rings. The van der Waals surface area contributed by atoms with Gasteiger partial charge in [-0.15, -0.1) is 0 Å². The van der Waals surface area contributed by atoms with Gasteiger partial charge in [-0.2, -0.15) is 11.3 Å². The smallest absolute Gasteiger partial charge is 0.236 e. The Kier molecular flexibility index (Phi) is 5.36. The second kappa shape index (κ2) is 7.03. The number of thiophene rings is 1. The van der Waals surface area contributed by atoms with Crippen LogP contribution in [0.3, 0.4) is 0 Å². The number of likely N-dealkylation sites (N-methyl/N-ethyl adjacent to an activating group) is 2. The molecule has 106 valence electrons. The highest BCUT2D eigenvalue weighted by Crippen LogP contribution is 2.11. The van der Waals surface area contributed by atoms with Gasteiger partial charge in [0.2, 0.25) is 5.91 Å². The normalized spacial score (nSPS) is 20.4. The molecule has 0 bridgehead atoms. The van der Waals surface area contributed by atoms with Crippen molar-refractivity contribution in [2.45, 2.75) is 25.4 Å². The Labute approximate surface area is 119 Å². The van der Waals surface area contributed by atoms with E-state index in [1.54, 1.807) is 11.3 Å². The van der Waals surface area contributed by atoms with Crippen LogP contribution in [0, 0.1) is 0 Å². The lowest BCUT2D eigenvalue weighted by molar-refractivity contribution is -0.132. The number of nitrogens with zero attached hydrogens (tertiary/aromatic N) is 2. The average molecular weight is 281 g/mol. The summed E-state index contributed by atoms with van der Waals surface area (Å²) >= 11 is 1.68. The molecule has 0 spiro atoms. The number of hydrogen-bond donors (Lipinski definition) is 1.